The second kappa shape index (κ2) is 18.0. The standard InChI is InChI=1S/C19H28N2O4S.C19H26N2O4S/c2*1-11-16(12(2)22)25-18-15(20-19(26-18)21(3)4)17(11)24-10-13-6-8-14(23-5)9-7-13/h6-9,11-12,15-18,22H,10H2,1-5H3;6-9,11,15-18H,10H2,1-5H3/t11-,12?,15-,16+,17+,18-;11-,15-,16+,17+,18-/m11/s1. The lowest BCUT2D eigenvalue weighted by atomic mass is 9.87. The molecule has 52 heavy (non-hydrogen) atoms. The zero-order chi connectivity index (χ0) is 37.7. The van der Waals surface area contributed by atoms with E-state index in [2.05, 4.69) is 6.92 Å². The van der Waals surface area contributed by atoms with Crippen molar-refractivity contribution >= 4 is 39.6 Å². The van der Waals surface area contributed by atoms with Gasteiger partial charge in [-0.2, -0.15) is 0 Å². The minimum atomic E-state index is -0.554. The van der Waals surface area contributed by atoms with Gasteiger partial charge in [-0.05, 0) is 49.2 Å². The van der Waals surface area contributed by atoms with Gasteiger partial charge in [0.15, 0.2) is 16.1 Å². The van der Waals surface area contributed by atoms with Crippen LogP contribution in [-0.4, -0.2) is 127 Å². The molecule has 11 atom stereocenters. The molecular weight excluding hydrogens is 705 g/mol. The summed E-state index contributed by atoms with van der Waals surface area (Å²) in [5.74, 6) is 1.67. The van der Waals surface area contributed by atoms with Crippen LogP contribution in [-0.2, 0) is 37.0 Å². The first kappa shape index (κ1) is 40.3. The van der Waals surface area contributed by atoms with Gasteiger partial charge < -0.3 is 43.3 Å². The van der Waals surface area contributed by atoms with E-state index in [4.69, 9.17) is 38.4 Å². The molecule has 4 heterocycles. The average Bonchev–Trinajstić information content (AvgIpc) is 3.76. The van der Waals surface area contributed by atoms with Crippen molar-refractivity contribution < 1.29 is 38.3 Å². The van der Waals surface area contributed by atoms with Gasteiger partial charge >= 0.3 is 0 Å². The molecule has 0 spiro atoms. The van der Waals surface area contributed by atoms with Crippen LogP contribution < -0.4 is 9.47 Å². The number of methoxy groups -OCH3 is 2. The van der Waals surface area contributed by atoms with Gasteiger partial charge in [0.1, 0.15) is 40.6 Å². The SMILES string of the molecule is COc1ccc(CO[C@H]2[C@H](C)[C@@H](C(C)=O)O[C@@H]3SC(N(C)C)=N[C@H]23)cc1.COc1ccc(CO[C@H]2[C@H](C)[C@@H](C(C)O)O[C@@H]3SC(N(C)C)=N[C@H]23)cc1. The van der Waals surface area contributed by atoms with Gasteiger partial charge in [-0.25, -0.2) is 0 Å². The number of hydrogen-bond acceptors (Lipinski definition) is 14. The Bertz CT molecular complexity index is 1540. The molecule has 0 radical (unpaired) electrons. The highest BCUT2D eigenvalue weighted by atomic mass is 32.2. The summed E-state index contributed by atoms with van der Waals surface area (Å²) in [5.41, 5.74) is 1.84. The van der Waals surface area contributed by atoms with Crippen LogP contribution in [0.15, 0.2) is 58.5 Å². The quantitative estimate of drug-likeness (QED) is 0.354. The molecule has 0 saturated carbocycles. The largest absolute Gasteiger partial charge is 0.497 e. The highest BCUT2D eigenvalue weighted by molar-refractivity contribution is 8.14. The second-order valence-corrected chi connectivity index (χ2v) is 16.2. The fourth-order valence-corrected chi connectivity index (χ4v) is 9.05. The molecule has 6 rings (SSSR count). The van der Waals surface area contributed by atoms with E-state index in [0.29, 0.717) is 13.2 Å². The third kappa shape index (κ3) is 9.44. The summed E-state index contributed by atoms with van der Waals surface area (Å²) in [5, 5.41) is 12.0. The summed E-state index contributed by atoms with van der Waals surface area (Å²) in [6, 6.07) is 15.5. The summed E-state index contributed by atoms with van der Waals surface area (Å²) in [6.45, 7) is 8.39. The number of nitrogens with zero attached hydrogens (tertiary/aromatic N) is 4. The first-order valence-electron chi connectivity index (χ1n) is 17.6. The third-order valence-corrected chi connectivity index (χ3v) is 12.2. The Hall–Kier alpha value is -2.85. The van der Waals surface area contributed by atoms with Crippen LogP contribution in [0, 0.1) is 11.8 Å². The van der Waals surface area contributed by atoms with Crippen LogP contribution in [0.2, 0.25) is 0 Å². The Labute approximate surface area is 316 Å². The normalized spacial score (nSPS) is 31.2. The summed E-state index contributed by atoms with van der Waals surface area (Å²) in [7, 11) is 11.2. The summed E-state index contributed by atoms with van der Waals surface area (Å²) >= 11 is 3.16. The summed E-state index contributed by atoms with van der Waals surface area (Å²) in [6.07, 6.45) is -1.56. The number of thioether (sulfide) groups is 2. The second-order valence-electron chi connectivity index (χ2n) is 14.0. The number of fused-ring (bicyclic) bond motifs is 2. The van der Waals surface area contributed by atoms with Crippen molar-refractivity contribution in [3.8, 4) is 11.5 Å². The number of ether oxygens (including phenoxy) is 6. The van der Waals surface area contributed by atoms with Crippen molar-refractivity contribution in [2.75, 3.05) is 42.4 Å². The smallest absolute Gasteiger partial charge is 0.161 e. The first-order valence-corrected chi connectivity index (χ1v) is 19.4. The zero-order valence-electron chi connectivity index (χ0n) is 31.8. The topological polar surface area (TPSA) is 124 Å². The number of aliphatic hydroxyl groups is 1. The van der Waals surface area contributed by atoms with Crippen molar-refractivity contribution in [1.82, 2.24) is 9.80 Å². The molecule has 0 aliphatic carbocycles. The molecule has 2 aromatic carbocycles. The number of aliphatic imine (C=N–C) groups is 2. The van der Waals surface area contributed by atoms with Crippen LogP contribution in [0.3, 0.4) is 0 Å². The number of rotatable bonds is 10. The summed E-state index contributed by atoms with van der Waals surface area (Å²) < 4.78 is 35.2. The molecule has 4 aliphatic heterocycles. The molecule has 0 bridgehead atoms. The Kier molecular flexibility index (Phi) is 14.0. The molecule has 12 nitrogen and oxygen atoms in total. The average molecular weight is 759 g/mol. The monoisotopic (exact) mass is 758 g/mol. The fourth-order valence-electron chi connectivity index (χ4n) is 6.78. The third-order valence-electron chi connectivity index (χ3n) is 9.64. The molecule has 0 amide bonds. The van der Waals surface area contributed by atoms with Gasteiger partial charge in [-0.1, -0.05) is 61.6 Å². The molecule has 2 saturated heterocycles. The molecule has 0 aromatic heterocycles. The maximum atomic E-state index is 12.1. The van der Waals surface area contributed by atoms with Crippen LogP contribution in [0.25, 0.3) is 0 Å². The van der Waals surface area contributed by atoms with Gasteiger partial charge in [-0.3, -0.25) is 14.8 Å². The van der Waals surface area contributed by atoms with E-state index in [1.54, 1.807) is 51.6 Å². The molecule has 2 fully saturated rings. The molecule has 1 unspecified atom stereocenters. The van der Waals surface area contributed by atoms with Crippen molar-refractivity contribution in [2.45, 2.75) is 94.4 Å². The highest BCUT2D eigenvalue weighted by Gasteiger charge is 2.51. The number of aliphatic hydroxyl groups excluding tert-OH is 1. The Morgan fingerprint density at radius 3 is 1.58 bits per heavy atom. The number of ketones is 1. The minimum absolute atomic E-state index is 0.0351. The predicted molar refractivity (Wildman–Crippen MR) is 206 cm³/mol. The molecule has 286 valence electrons. The lowest BCUT2D eigenvalue weighted by Crippen LogP contribution is -2.54. The minimum Gasteiger partial charge on any atom is -0.497 e. The van der Waals surface area contributed by atoms with Crippen LogP contribution in [0.5, 0.6) is 11.5 Å². The van der Waals surface area contributed by atoms with Crippen molar-refractivity contribution in [2.24, 2.45) is 21.8 Å². The molecule has 1 N–H and O–H groups in total. The maximum absolute atomic E-state index is 12.1. The van der Waals surface area contributed by atoms with Crippen molar-refractivity contribution in [1.29, 1.82) is 0 Å². The van der Waals surface area contributed by atoms with E-state index >= 15 is 0 Å². The Morgan fingerprint density at radius 2 is 1.19 bits per heavy atom. The number of carbonyl (C=O) groups excluding carboxylic acids is 1. The van der Waals surface area contributed by atoms with Gasteiger partial charge in [0.2, 0.25) is 0 Å². The van der Waals surface area contributed by atoms with E-state index in [1.165, 1.54) is 0 Å². The summed E-state index contributed by atoms with van der Waals surface area (Å²) in [4.78, 5) is 25.6. The molecule has 14 heteroatoms. The number of carbonyl (C=O) groups is 1. The Balaban J connectivity index is 0.000000201. The van der Waals surface area contributed by atoms with Crippen molar-refractivity contribution in [3.63, 3.8) is 0 Å². The number of Topliss-reactive ketones (excluding diaryl/α,β-unsaturated/α-hetero) is 1. The van der Waals surface area contributed by atoms with E-state index in [0.717, 1.165) is 33.0 Å². The van der Waals surface area contributed by atoms with Crippen LogP contribution in [0.1, 0.15) is 38.8 Å². The predicted octanol–water partition coefficient (Wildman–Crippen LogP) is 4.92. The fraction of sp³-hybridized carbons (Fsp3) is 0.605. The van der Waals surface area contributed by atoms with E-state index in [9.17, 15) is 9.90 Å². The van der Waals surface area contributed by atoms with Gasteiger partial charge in [0.05, 0.1) is 51.8 Å². The van der Waals surface area contributed by atoms with Crippen LogP contribution in [0.4, 0.5) is 0 Å². The van der Waals surface area contributed by atoms with E-state index in [1.807, 2.05) is 93.4 Å². The van der Waals surface area contributed by atoms with Gasteiger partial charge in [-0.15, -0.1) is 0 Å². The highest BCUT2D eigenvalue weighted by Crippen LogP contribution is 2.42. The lowest BCUT2D eigenvalue weighted by molar-refractivity contribution is -0.165. The molecular formula is C38H54N4O8S2. The van der Waals surface area contributed by atoms with Gasteiger partial charge in [0.25, 0.3) is 0 Å². The number of amidine groups is 2. The first-order chi connectivity index (χ1) is 24.8. The maximum Gasteiger partial charge on any atom is 0.161 e. The lowest BCUT2D eigenvalue weighted by Gasteiger charge is -2.42. The van der Waals surface area contributed by atoms with Crippen molar-refractivity contribution in [3.05, 3.63) is 59.7 Å². The molecule has 2 aromatic rings. The van der Waals surface area contributed by atoms with Gasteiger partial charge in [0, 0.05) is 40.0 Å². The Morgan fingerprint density at radius 1 is 0.769 bits per heavy atom. The molecule has 4 aliphatic rings. The van der Waals surface area contributed by atoms with E-state index < -0.39 is 12.2 Å². The number of benzene rings is 2. The zero-order valence-corrected chi connectivity index (χ0v) is 33.4. The van der Waals surface area contributed by atoms with Crippen LogP contribution >= 0.6 is 23.5 Å². The number of hydrogen-bond donors (Lipinski definition) is 1. The van der Waals surface area contributed by atoms with E-state index in [-0.39, 0.29) is 58.9 Å².